The Kier molecular flexibility index (Phi) is 5.90. The van der Waals surface area contributed by atoms with E-state index in [4.69, 9.17) is 16.9 Å². The molecule has 0 aliphatic carbocycles. The van der Waals surface area contributed by atoms with Gasteiger partial charge in [-0.3, -0.25) is 4.79 Å². The number of carbonyl (C=O) groups excluding carboxylic acids is 1. The fourth-order valence-corrected chi connectivity index (χ4v) is 2.18. The molecule has 26 heavy (non-hydrogen) atoms. The van der Waals surface area contributed by atoms with Gasteiger partial charge < -0.3 is 10.6 Å². The Morgan fingerprint density at radius 2 is 1.85 bits per heavy atom. The lowest BCUT2D eigenvalue weighted by Gasteiger charge is -2.13. The van der Waals surface area contributed by atoms with Crippen LogP contribution >= 0.6 is 11.6 Å². The van der Waals surface area contributed by atoms with E-state index in [1.54, 1.807) is 30.3 Å². The molecule has 2 aromatic rings. The lowest BCUT2D eigenvalue weighted by Crippen LogP contribution is -2.15. The monoisotopic (exact) mass is 379 g/mol. The SMILES string of the molecule is Cc1ccc(NC(=O)/C(C#N)=C\Nc2ccc(Cl)cc2C(F)(F)F)cc1. The molecule has 0 unspecified atom stereocenters. The molecule has 4 nitrogen and oxygen atoms in total. The summed E-state index contributed by atoms with van der Waals surface area (Å²) in [6, 6.07) is 11.6. The molecule has 2 rings (SSSR count). The van der Waals surface area contributed by atoms with Gasteiger partial charge in [-0.05, 0) is 37.3 Å². The first-order valence-corrected chi connectivity index (χ1v) is 7.70. The Hall–Kier alpha value is -2.98. The summed E-state index contributed by atoms with van der Waals surface area (Å²) < 4.78 is 39.1. The molecule has 2 N–H and O–H groups in total. The van der Waals surface area contributed by atoms with Crippen molar-refractivity contribution in [2.24, 2.45) is 0 Å². The van der Waals surface area contributed by atoms with Gasteiger partial charge in [0, 0.05) is 16.9 Å². The molecule has 134 valence electrons. The minimum absolute atomic E-state index is 0.0792. The predicted octanol–water partition coefficient (Wildman–Crippen LogP) is 5.13. The normalized spacial score (nSPS) is 11.6. The van der Waals surface area contributed by atoms with Crippen molar-refractivity contribution in [2.45, 2.75) is 13.1 Å². The fourth-order valence-electron chi connectivity index (χ4n) is 2.01. The summed E-state index contributed by atoms with van der Waals surface area (Å²) in [5.41, 5.74) is -0.253. The van der Waals surface area contributed by atoms with Crippen LogP contribution in [0.25, 0.3) is 0 Å². The number of aryl methyl sites for hydroxylation is 1. The van der Waals surface area contributed by atoms with E-state index in [2.05, 4.69) is 10.6 Å². The van der Waals surface area contributed by atoms with E-state index in [1.165, 1.54) is 6.07 Å². The van der Waals surface area contributed by atoms with Crippen molar-refractivity contribution in [3.05, 3.63) is 70.4 Å². The van der Waals surface area contributed by atoms with Gasteiger partial charge in [0.2, 0.25) is 0 Å². The van der Waals surface area contributed by atoms with Gasteiger partial charge in [-0.1, -0.05) is 29.3 Å². The number of hydrogen-bond acceptors (Lipinski definition) is 3. The maximum atomic E-state index is 13.0. The molecule has 0 atom stereocenters. The minimum Gasteiger partial charge on any atom is -0.360 e. The van der Waals surface area contributed by atoms with E-state index in [0.717, 1.165) is 23.9 Å². The summed E-state index contributed by atoms with van der Waals surface area (Å²) in [6.07, 6.45) is -3.72. The number of halogens is 4. The van der Waals surface area contributed by atoms with Crippen LogP contribution in [0.15, 0.2) is 54.2 Å². The number of nitrogens with zero attached hydrogens (tertiary/aromatic N) is 1. The highest BCUT2D eigenvalue weighted by atomic mass is 35.5. The first-order chi connectivity index (χ1) is 12.2. The zero-order valence-electron chi connectivity index (χ0n) is 13.5. The standard InChI is InChI=1S/C18H13ClF3N3O/c1-11-2-5-14(6-3-11)25-17(26)12(9-23)10-24-16-7-4-13(19)8-15(16)18(20,21)22/h2-8,10,24H,1H3,(H,25,26)/b12-10-. The molecule has 0 aliphatic heterocycles. The molecule has 0 radical (unpaired) electrons. The van der Waals surface area contributed by atoms with Crippen molar-refractivity contribution in [1.29, 1.82) is 5.26 Å². The molecule has 0 fully saturated rings. The second-order valence-corrected chi connectivity index (χ2v) is 5.76. The molecule has 0 saturated heterocycles. The van der Waals surface area contributed by atoms with Crippen LogP contribution < -0.4 is 10.6 Å². The number of nitriles is 1. The molecular formula is C18H13ClF3N3O. The van der Waals surface area contributed by atoms with E-state index < -0.39 is 17.6 Å². The Morgan fingerprint density at radius 3 is 2.42 bits per heavy atom. The Balaban J connectivity index is 2.21. The molecule has 8 heteroatoms. The highest BCUT2D eigenvalue weighted by Gasteiger charge is 2.33. The Labute approximate surface area is 152 Å². The maximum Gasteiger partial charge on any atom is 0.418 e. The summed E-state index contributed by atoms with van der Waals surface area (Å²) in [5, 5.41) is 13.9. The molecule has 0 spiro atoms. The molecule has 0 saturated carbocycles. The van der Waals surface area contributed by atoms with Gasteiger partial charge in [0.05, 0.1) is 11.3 Å². The van der Waals surface area contributed by atoms with Crippen LogP contribution in [0.5, 0.6) is 0 Å². The zero-order chi connectivity index (χ0) is 19.3. The van der Waals surface area contributed by atoms with Gasteiger partial charge in [0.1, 0.15) is 11.6 Å². The highest BCUT2D eigenvalue weighted by Crippen LogP contribution is 2.36. The molecule has 0 aliphatic rings. The average Bonchev–Trinajstić information content (AvgIpc) is 2.57. The van der Waals surface area contributed by atoms with Crippen molar-refractivity contribution in [3.8, 4) is 6.07 Å². The zero-order valence-corrected chi connectivity index (χ0v) is 14.2. The van der Waals surface area contributed by atoms with Gasteiger partial charge in [0.15, 0.2) is 0 Å². The molecular weight excluding hydrogens is 367 g/mol. The third kappa shape index (κ3) is 5.01. The van der Waals surface area contributed by atoms with E-state index >= 15 is 0 Å². The van der Waals surface area contributed by atoms with Crippen LogP contribution in [-0.4, -0.2) is 5.91 Å². The van der Waals surface area contributed by atoms with Crippen molar-refractivity contribution < 1.29 is 18.0 Å². The van der Waals surface area contributed by atoms with Crippen molar-refractivity contribution in [3.63, 3.8) is 0 Å². The predicted molar refractivity (Wildman–Crippen MR) is 93.6 cm³/mol. The number of nitrogens with one attached hydrogen (secondary N) is 2. The van der Waals surface area contributed by atoms with Gasteiger partial charge >= 0.3 is 6.18 Å². The minimum atomic E-state index is -4.64. The van der Waals surface area contributed by atoms with Crippen LogP contribution in [-0.2, 0) is 11.0 Å². The second-order valence-electron chi connectivity index (χ2n) is 5.32. The first kappa shape index (κ1) is 19.3. The van der Waals surface area contributed by atoms with Crippen LogP contribution in [0, 0.1) is 18.3 Å². The van der Waals surface area contributed by atoms with E-state index in [1.807, 2.05) is 6.92 Å². The summed E-state index contributed by atoms with van der Waals surface area (Å²) >= 11 is 5.61. The van der Waals surface area contributed by atoms with E-state index in [9.17, 15) is 18.0 Å². The van der Waals surface area contributed by atoms with E-state index in [-0.39, 0.29) is 16.3 Å². The number of anilines is 2. The maximum absolute atomic E-state index is 13.0. The smallest absolute Gasteiger partial charge is 0.360 e. The summed E-state index contributed by atoms with van der Waals surface area (Å²) in [5.74, 6) is -0.744. The van der Waals surface area contributed by atoms with Crippen LogP contribution in [0.2, 0.25) is 5.02 Å². The lowest BCUT2D eigenvalue weighted by atomic mass is 10.1. The number of rotatable bonds is 4. The second kappa shape index (κ2) is 7.93. The van der Waals surface area contributed by atoms with Gasteiger partial charge in [-0.2, -0.15) is 18.4 Å². The lowest BCUT2D eigenvalue weighted by molar-refractivity contribution is -0.136. The van der Waals surface area contributed by atoms with E-state index in [0.29, 0.717) is 5.69 Å². The number of benzene rings is 2. The Bertz CT molecular complexity index is 884. The highest BCUT2D eigenvalue weighted by molar-refractivity contribution is 6.30. The fraction of sp³-hybridized carbons (Fsp3) is 0.111. The molecule has 0 heterocycles. The third-order valence-corrected chi connectivity index (χ3v) is 3.57. The number of amides is 1. The molecule has 1 amide bonds. The van der Waals surface area contributed by atoms with Crippen molar-refractivity contribution >= 4 is 28.9 Å². The van der Waals surface area contributed by atoms with Crippen molar-refractivity contribution in [2.75, 3.05) is 10.6 Å². The van der Waals surface area contributed by atoms with Gasteiger partial charge in [-0.25, -0.2) is 0 Å². The molecule has 0 bridgehead atoms. The van der Waals surface area contributed by atoms with Crippen LogP contribution in [0.3, 0.4) is 0 Å². The number of hydrogen-bond donors (Lipinski definition) is 2. The molecule has 0 aromatic heterocycles. The topological polar surface area (TPSA) is 64.9 Å². The van der Waals surface area contributed by atoms with Crippen LogP contribution in [0.4, 0.5) is 24.5 Å². The third-order valence-electron chi connectivity index (χ3n) is 3.33. The first-order valence-electron chi connectivity index (χ1n) is 7.32. The summed E-state index contributed by atoms with van der Waals surface area (Å²) in [4.78, 5) is 12.1. The average molecular weight is 380 g/mol. The van der Waals surface area contributed by atoms with Crippen molar-refractivity contribution in [1.82, 2.24) is 0 Å². The van der Waals surface area contributed by atoms with Gasteiger partial charge in [-0.15, -0.1) is 0 Å². The summed E-state index contributed by atoms with van der Waals surface area (Å²) in [7, 11) is 0. The molecule has 2 aromatic carbocycles. The largest absolute Gasteiger partial charge is 0.418 e. The van der Waals surface area contributed by atoms with Gasteiger partial charge in [0.25, 0.3) is 5.91 Å². The Morgan fingerprint density at radius 1 is 1.19 bits per heavy atom. The number of carbonyl (C=O) groups is 1. The number of alkyl halides is 3. The quantitative estimate of drug-likeness (QED) is 0.572. The van der Waals surface area contributed by atoms with Crippen LogP contribution in [0.1, 0.15) is 11.1 Å². The summed E-state index contributed by atoms with van der Waals surface area (Å²) in [6.45, 7) is 1.88.